The summed E-state index contributed by atoms with van der Waals surface area (Å²) in [4.78, 5) is 26.6. The number of carboxylic acid groups (broad SMARTS) is 1. The second-order valence-corrected chi connectivity index (χ2v) is 22.4. The lowest BCUT2D eigenvalue weighted by Gasteiger charge is -2.70. The van der Waals surface area contributed by atoms with Crippen molar-refractivity contribution in [3.63, 3.8) is 0 Å². The Bertz CT molecular complexity index is 1830. The Balaban J connectivity index is 1.09. The molecule has 7 rings (SSSR count). The number of hydrogen-bond donors (Lipinski definition) is 12. The summed E-state index contributed by atoms with van der Waals surface area (Å²) in [6, 6.07) is 0. The van der Waals surface area contributed by atoms with Crippen LogP contribution in [0.5, 0.6) is 0 Å². The van der Waals surface area contributed by atoms with E-state index < -0.39 is 156 Å². The second kappa shape index (κ2) is 19.0. The standard InChI is InChI=1S/C47H76O20/c1-21(50)46(7,67-39-35(59)33(57)31(55)26(19-49)64-39)13-15-47(41(60)61)14-12-44(5)22(17-47)16-23(51)37-43(4)10-9-28(42(2,3)27(43)8-11-45(37,44)6)65-40-36(29(53)24(52)20-62-40)66-38-34(58)32(56)30(54)25(18-48)63-38/h16,23-40,48-49,51-59H,8-15,17-20H2,1-7H3,(H,60,61)/t23?,24-,25+,26+,27?,28?,29-,30+,31+,32-,33-,34+,35+,36+,37?,38-,39-,40-,43-,44+,45+,46?,47+/m0/s1. The van der Waals surface area contributed by atoms with Gasteiger partial charge < -0.3 is 89.7 Å². The Morgan fingerprint density at radius 2 is 1.34 bits per heavy atom. The number of ketones is 1. The van der Waals surface area contributed by atoms with Gasteiger partial charge in [0, 0.05) is 5.92 Å². The number of rotatable bonds is 13. The van der Waals surface area contributed by atoms with E-state index in [-0.39, 0.29) is 44.1 Å². The molecule has 5 unspecified atom stereocenters. The minimum Gasteiger partial charge on any atom is -0.481 e. The molecule has 67 heavy (non-hydrogen) atoms. The minimum atomic E-state index is -1.77. The van der Waals surface area contributed by atoms with Crippen molar-refractivity contribution in [3.8, 4) is 0 Å². The SMILES string of the molecule is CC(=O)C(C)(CC[C@]1(C(=O)O)CC[C@]2(C)C(=CC(O)C3[C@@]4(C)CCC(O[C@@H]5OC[C@H](O)[C@H](O)[C@H]5O[C@@H]5O[C@H](CO)[C@@H](O)[C@H](O)[C@H]5O)C(C)(C)C4CC[C@]32C)C1)O[C@@H]1O[C@H](CO)[C@@H](O)[C@H](O)[C@H]1O. The first-order valence-corrected chi connectivity index (χ1v) is 23.9. The topological polar surface area (TPSA) is 332 Å². The number of aliphatic carboxylic acids is 1. The van der Waals surface area contributed by atoms with Crippen LogP contribution in [0.4, 0.5) is 0 Å². The van der Waals surface area contributed by atoms with Gasteiger partial charge in [-0.2, -0.15) is 0 Å². The number of fused-ring (bicyclic) bond motifs is 5. The molecular formula is C47H76O20. The number of ether oxygens (including phenoxy) is 6. The normalized spacial score (nSPS) is 50.7. The predicted molar refractivity (Wildman–Crippen MR) is 230 cm³/mol. The van der Waals surface area contributed by atoms with Crippen LogP contribution in [0.1, 0.15) is 106 Å². The maximum absolute atomic E-state index is 13.4. The van der Waals surface area contributed by atoms with Crippen LogP contribution in [0.15, 0.2) is 11.6 Å². The number of carbonyl (C=O) groups excluding carboxylic acids is 1. The molecule has 23 atom stereocenters. The van der Waals surface area contributed by atoms with Gasteiger partial charge in [0.25, 0.3) is 0 Å². The van der Waals surface area contributed by atoms with Gasteiger partial charge in [0.2, 0.25) is 0 Å². The highest BCUT2D eigenvalue weighted by Gasteiger charge is 2.69. The lowest BCUT2D eigenvalue weighted by atomic mass is 9.34. The van der Waals surface area contributed by atoms with Gasteiger partial charge >= 0.3 is 5.97 Å². The van der Waals surface area contributed by atoms with Crippen molar-refractivity contribution >= 4 is 11.8 Å². The molecule has 4 aliphatic carbocycles. The van der Waals surface area contributed by atoms with Gasteiger partial charge in [0.05, 0.1) is 37.4 Å². The van der Waals surface area contributed by atoms with E-state index >= 15 is 0 Å². The van der Waals surface area contributed by atoms with Crippen LogP contribution in [0, 0.1) is 38.9 Å². The average Bonchev–Trinajstić information content (AvgIpc) is 3.26. The van der Waals surface area contributed by atoms with Crippen LogP contribution in [-0.2, 0) is 38.0 Å². The summed E-state index contributed by atoms with van der Waals surface area (Å²) in [5.74, 6) is -1.80. The quantitative estimate of drug-likeness (QED) is 0.0778. The zero-order chi connectivity index (χ0) is 49.6. The molecule has 20 heteroatoms. The molecule has 7 aliphatic rings. The van der Waals surface area contributed by atoms with E-state index in [2.05, 4.69) is 34.6 Å². The molecule has 0 bridgehead atoms. The highest BCUT2D eigenvalue weighted by molar-refractivity contribution is 5.84. The van der Waals surface area contributed by atoms with E-state index in [4.69, 9.17) is 28.4 Å². The average molecular weight is 961 g/mol. The number of aliphatic hydroxyl groups is 11. The second-order valence-electron chi connectivity index (χ2n) is 22.4. The Hall–Kier alpha value is -1.80. The maximum atomic E-state index is 13.4. The van der Waals surface area contributed by atoms with Crippen molar-refractivity contribution in [3.05, 3.63) is 11.6 Å². The van der Waals surface area contributed by atoms with E-state index in [1.54, 1.807) is 0 Å². The first-order chi connectivity index (χ1) is 31.2. The van der Waals surface area contributed by atoms with Crippen molar-refractivity contribution in [1.82, 2.24) is 0 Å². The summed E-state index contributed by atoms with van der Waals surface area (Å²) >= 11 is 0. The zero-order valence-corrected chi connectivity index (χ0v) is 39.6. The first kappa shape index (κ1) is 53.0. The molecule has 20 nitrogen and oxygen atoms in total. The van der Waals surface area contributed by atoms with Gasteiger partial charge in [-0.15, -0.1) is 0 Å². The number of allylic oxidation sites excluding steroid dienone is 1. The molecule has 12 N–H and O–H groups in total. The molecule has 3 aliphatic heterocycles. The summed E-state index contributed by atoms with van der Waals surface area (Å²) in [6.45, 7) is 11.8. The monoisotopic (exact) mass is 960 g/mol. The summed E-state index contributed by atoms with van der Waals surface area (Å²) in [6.07, 6.45) is -17.9. The molecule has 0 aromatic carbocycles. The third-order valence-electron chi connectivity index (χ3n) is 18.5. The Morgan fingerprint density at radius 1 is 0.746 bits per heavy atom. The molecule has 0 aromatic rings. The summed E-state index contributed by atoms with van der Waals surface area (Å²) in [5, 5.41) is 127. The highest BCUT2D eigenvalue weighted by Crippen LogP contribution is 2.74. The molecule has 3 saturated heterocycles. The fraction of sp³-hybridized carbons (Fsp3) is 0.915. The molecular weight excluding hydrogens is 884 g/mol. The van der Waals surface area contributed by atoms with Gasteiger partial charge in [-0.25, -0.2) is 0 Å². The number of carbonyl (C=O) groups is 2. The molecule has 3 heterocycles. The van der Waals surface area contributed by atoms with Gasteiger partial charge in [0.15, 0.2) is 24.7 Å². The number of aliphatic hydroxyl groups excluding tert-OH is 11. The molecule has 3 saturated carbocycles. The molecule has 384 valence electrons. The summed E-state index contributed by atoms with van der Waals surface area (Å²) < 4.78 is 35.7. The summed E-state index contributed by atoms with van der Waals surface area (Å²) in [5.41, 5.74) is -4.19. The predicted octanol–water partition coefficient (Wildman–Crippen LogP) is -1.000. The van der Waals surface area contributed by atoms with Crippen LogP contribution < -0.4 is 0 Å². The fourth-order valence-corrected chi connectivity index (χ4v) is 13.8. The Kier molecular flexibility index (Phi) is 15.0. The summed E-state index contributed by atoms with van der Waals surface area (Å²) in [7, 11) is 0. The van der Waals surface area contributed by atoms with E-state index in [9.17, 15) is 70.9 Å². The van der Waals surface area contributed by atoms with Crippen LogP contribution >= 0.6 is 0 Å². The van der Waals surface area contributed by atoms with Crippen molar-refractivity contribution in [2.75, 3.05) is 19.8 Å². The Morgan fingerprint density at radius 3 is 1.93 bits per heavy atom. The van der Waals surface area contributed by atoms with Crippen molar-refractivity contribution in [2.45, 2.75) is 210 Å². The van der Waals surface area contributed by atoms with Crippen LogP contribution in [0.3, 0.4) is 0 Å². The Labute approximate surface area is 390 Å². The lowest BCUT2D eigenvalue weighted by molar-refractivity contribution is -0.367. The van der Waals surface area contributed by atoms with Crippen molar-refractivity contribution in [2.24, 2.45) is 38.9 Å². The zero-order valence-electron chi connectivity index (χ0n) is 39.6. The van der Waals surface area contributed by atoms with Crippen molar-refractivity contribution in [1.29, 1.82) is 0 Å². The number of carboxylic acids is 1. The number of Topliss-reactive ketones (excluding diaryl/α,β-unsaturated/α-hetero) is 1. The van der Waals surface area contributed by atoms with Gasteiger partial charge in [-0.3, -0.25) is 9.59 Å². The van der Waals surface area contributed by atoms with Gasteiger partial charge in [-0.05, 0) is 99.2 Å². The van der Waals surface area contributed by atoms with Crippen molar-refractivity contribution < 1.29 is 99.3 Å². The molecule has 0 radical (unpaired) electrons. The third kappa shape index (κ3) is 8.78. The number of hydrogen-bond acceptors (Lipinski definition) is 19. The van der Waals surface area contributed by atoms with E-state index in [1.165, 1.54) is 13.8 Å². The van der Waals surface area contributed by atoms with E-state index in [0.717, 1.165) is 12.0 Å². The fourth-order valence-electron chi connectivity index (χ4n) is 13.8. The molecule has 0 spiro atoms. The van der Waals surface area contributed by atoms with Crippen LogP contribution in [0.25, 0.3) is 0 Å². The first-order valence-electron chi connectivity index (χ1n) is 23.9. The van der Waals surface area contributed by atoms with E-state index in [0.29, 0.717) is 25.7 Å². The molecule has 0 aromatic heterocycles. The van der Waals surface area contributed by atoms with E-state index in [1.807, 2.05) is 6.08 Å². The maximum Gasteiger partial charge on any atom is 0.309 e. The largest absolute Gasteiger partial charge is 0.481 e. The third-order valence-corrected chi connectivity index (χ3v) is 18.5. The van der Waals surface area contributed by atoms with Gasteiger partial charge in [-0.1, -0.05) is 46.3 Å². The smallest absolute Gasteiger partial charge is 0.309 e. The van der Waals surface area contributed by atoms with Crippen LogP contribution in [0.2, 0.25) is 0 Å². The van der Waals surface area contributed by atoms with Gasteiger partial charge in [0.1, 0.15) is 72.7 Å². The minimum absolute atomic E-state index is 0.00995. The van der Waals surface area contributed by atoms with Crippen LogP contribution in [-0.4, -0.2) is 197 Å². The highest BCUT2D eigenvalue weighted by atomic mass is 16.8. The lowest BCUT2D eigenvalue weighted by Crippen LogP contribution is -2.67. The molecule has 0 amide bonds. The molecule has 6 fully saturated rings.